The molecular weight excluding hydrogens is 468 g/mol. The Morgan fingerprint density at radius 2 is 1.52 bits per heavy atom. The molecule has 8 nitrogen and oxygen atoms in total. The first-order valence-electron chi connectivity index (χ1n) is 9.73. The Kier molecular flexibility index (Phi) is 7.67. The van der Waals surface area contributed by atoms with E-state index in [0.717, 1.165) is 4.31 Å². The van der Waals surface area contributed by atoms with Crippen LogP contribution in [0.3, 0.4) is 0 Å². The number of halogens is 1. The lowest BCUT2D eigenvalue weighted by atomic mass is 10.3. The van der Waals surface area contributed by atoms with Gasteiger partial charge in [-0.15, -0.1) is 0 Å². The minimum atomic E-state index is -4.14. The first kappa shape index (κ1) is 24.2. The standard InChI is InChI=1S/C23H23ClN2O6S/c1-30-20-11-9-16(24)13-19(20)25-23(27)15-26(17-7-5-4-6-8-17)33(28,29)18-10-12-21(31-2)22(14-18)32-3/h4-14H,15H2,1-3H3,(H,25,27). The second-order valence-corrected chi connectivity index (χ2v) is 9.06. The average Bonchev–Trinajstić information content (AvgIpc) is 2.82. The number of benzene rings is 3. The van der Waals surface area contributed by atoms with Crippen molar-refractivity contribution >= 4 is 38.9 Å². The van der Waals surface area contributed by atoms with Gasteiger partial charge in [0.15, 0.2) is 11.5 Å². The Bertz CT molecular complexity index is 1230. The summed E-state index contributed by atoms with van der Waals surface area (Å²) in [6.07, 6.45) is 0. The third-order valence-electron chi connectivity index (χ3n) is 4.71. The van der Waals surface area contributed by atoms with E-state index in [1.807, 2.05) is 0 Å². The summed E-state index contributed by atoms with van der Waals surface area (Å²) in [6, 6.07) is 17.3. The number of carbonyl (C=O) groups excluding carboxylic acids is 1. The van der Waals surface area contributed by atoms with Crippen LogP contribution in [-0.4, -0.2) is 42.2 Å². The fourth-order valence-electron chi connectivity index (χ4n) is 3.11. The van der Waals surface area contributed by atoms with Gasteiger partial charge >= 0.3 is 0 Å². The van der Waals surface area contributed by atoms with Crippen LogP contribution >= 0.6 is 11.6 Å². The molecule has 0 spiro atoms. The molecular formula is C23H23ClN2O6S. The van der Waals surface area contributed by atoms with Crippen molar-refractivity contribution in [2.75, 3.05) is 37.5 Å². The summed E-state index contributed by atoms with van der Waals surface area (Å²) >= 11 is 6.03. The largest absolute Gasteiger partial charge is 0.495 e. The van der Waals surface area contributed by atoms with Gasteiger partial charge in [0, 0.05) is 11.1 Å². The number of para-hydroxylation sites is 1. The molecule has 1 N–H and O–H groups in total. The number of nitrogens with one attached hydrogen (secondary N) is 1. The summed E-state index contributed by atoms with van der Waals surface area (Å²) in [5.74, 6) is 0.443. The van der Waals surface area contributed by atoms with Crippen LogP contribution in [0.1, 0.15) is 0 Å². The number of carbonyl (C=O) groups is 1. The van der Waals surface area contributed by atoms with Crippen LogP contribution < -0.4 is 23.8 Å². The zero-order chi connectivity index (χ0) is 24.0. The second-order valence-electron chi connectivity index (χ2n) is 6.76. The third-order valence-corrected chi connectivity index (χ3v) is 6.71. The van der Waals surface area contributed by atoms with E-state index in [-0.39, 0.29) is 10.6 Å². The van der Waals surface area contributed by atoms with Crippen molar-refractivity contribution < 1.29 is 27.4 Å². The zero-order valence-corrected chi connectivity index (χ0v) is 19.8. The highest BCUT2D eigenvalue weighted by molar-refractivity contribution is 7.92. The molecule has 0 radical (unpaired) electrons. The van der Waals surface area contributed by atoms with Crippen molar-refractivity contribution in [2.45, 2.75) is 4.90 Å². The second kappa shape index (κ2) is 10.5. The molecule has 10 heteroatoms. The highest BCUT2D eigenvalue weighted by Gasteiger charge is 2.28. The maximum absolute atomic E-state index is 13.6. The number of methoxy groups -OCH3 is 3. The molecule has 0 saturated carbocycles. The number of sulfonamides is 1. The van der Waals surface area contributed by atoms with Gasteiger partial charge in [-0.25, -0.2) is 8.42 Å². The molecule has 0 aliphatic heterocycles. The van der Waals surface area contributed by atoms with Crippen molar-refractivity contribution in [2.24, 2.45) is 0 Å². The van der Waals surface area contributed by atoms with Gasteiger partial charge in [0.1, 0.15) is 12.3 Å². The molecule has 33 heavy (non-hydrogen) atoms. The lowest BCUT2D eigenvalue weighted by molar-refractivity contribution is -0.114. The van der Waals surface area contributed by atoms with Crippen LogP contribution in [0.25, 0.3) is 0 Å². The number of hydrogen-bond donors (Lipinski definition) is 1. The fourth-order valence-corrected chi connectivity index (χ4v) is 4.72. The van der Waals surface area contributed by atoms with E-state index >= 15 is 0 Å². The van der Waals surface area contributed by atoms with Gasteiger partial charge in [0.25, 0.3) is 10.0 Å². The smallest absolute Gasteiger partial charge is 0.264 e. The minimum absolute atomic E-state index is 0.0582. The van der Waals surface area contributed by atoms with Crippen LogP contribution in [-0.2, 0) is 14.8 Å². The number of ether oxygens (including phenoxy) is 3. The first-order chi connectivity index (χ1) is 15.8. The predicted octanol–water partition coefficient (Wildman–Crippen LogP) is 4.20. The predicted molar refractivity (Wildman–Crippen MR) is 127 cm³/mol. The maximum Gasteiger partial charge on any atom is 0.264 e. The van der Waals surface area contributed by atoms with Gasteiger partial charge in [0.05, 0.1) is 37.6 Å². The monoisotopic (exact) mass is 490 g/mol. The highest BCUT2D eigenvalue weighted by Crippen LogP contribution is 2.32. The summed E-state index contributed by atoms with van der Waals surface area (Å²) in [4.78, 5) is 12.9. The molecule has 174 valence electrons. The van der Waals surface area contributed by atoms with Crippen molar-refractivity contribution in [3.05, 3.63) is 71.8 Å². The molecule has 0 aromatic heterocycles. The molecule has 0 unspecified atom stereocenters. The molecule has 0 aliphatic carbocycles. The Hall–Kier alpha value is -3.43. The van der Waals surface area contributed by atoms with E-state index in [0.29, 0.717) is 27.9 Å². The number of amides is 1. The Balaban J connectivity index is 1.98. The van der Waals surface area contributed by atoms with E-state index in [9.17, 15) is 13.2 Å². The van der Waals surface area contributed by atoms with Crippen LogP contribution in [0, 0.1) is 0 Å². The summed E-state index contributed by atoms with van der Waals surface area (Å²) < 4.78 is 43.8. The molecule has 0 saturated heterocycles. The van der Waals surface area contributed by atoms with E-state index in [1.165, 1.54) is 45.6 Å². The Morgan fingerprint density at radius 1 is 0.879 bits per heavy atom. The number of nitrogens with zero attached hydrogens (tertiary/aromatic N) is 1. The van der Waals surface area contributed by atoms with E-state index < -0.39 is 22.5 Å². The van der Waals surface area contributed by atoms with Crippen LogP contribution in [0.4, 0.5) is 11.4 Å². The Labute approximate surface area is 197 Å². The molecule has 3 aromatic rings. The first-order valence-corrected chi connectivity index (χ1v) is 11.5. The minimum Gasteiger partial charge on any atom is -0.495 e. The quantitative estimate of drug-likeness (QED) is 0.483. The number of rotatable bonds is 9. The highest BCUT2D eigenvalue weighted by atomic mass is 35.5. The van der Waals surface area contributed by atoms with E-state index in [2.05, 4.69) is 5.32 Å². The fraction of sp³-hybridized carbons (Fsp3) is 0.174. The van der Waals surface area contributed by atoms with Gasteiger partial charge in [0.2, 0.25) is 5.91 Å². The molecule has 3 aromatic carbocycles. The summed E-state index contributed by atoms with van der Waals surface area (Å²) in [5, 5.41) is 3.06. The van der Waals surface area contributed by atoms with Gasteiger partial charge in [-0.1, -0.05) is 29.8 Å². The van der Waals surface area contributed by atoms with Gasteiger partial charge in [-0.2, -0.15) is 0 Å². The normalized spacial score (nSPS) is 10.9. The van der Waals surface area contributed by atoms with Crippen molar-refractivity contribution in [3.63, 3.8) is 0 Å². The molecule has 0 aliphatic rings. The van der Waals surface area contributed by atoms with Crippen molar-refractivity contribution in [3.8, 4) is 17.2 Å². The summed E-state index contributed by atoms with van der Waals surface area (Å²) in [5.41, 5.74) is 0.645. The SMILES string of the molecule is COc1ccc(Cl)cc1NC(=O)CN(c1ccccc1)S(=O)(=O)c1ccc(OC)c(OC)c1. The van der Waals surface area contributed by atoms with Gasteiger partial charge in [-0.3, -0.25) is 9.10 Å². The lowest BCUT2D eigenvalue weighted by Crippen LogP contribution is -2.38. The molecule has 0 heterocycles. The Morgan fingerprint density at radius 3 is 2.15 bits per heavy atom. The molecule has 0 atom stereocenters. The van der Waals surface area contributed by atoms with Crippen LogP contribution in [0.2, 0.25) is 5.02 Å². The third kappa shape index (κ3) is 5.50. The van der Waals surface area contributed by atoms with E-state index in [4.69, 9.17) is 25.8 Å². The maximum atomic E-state index is 13.6. The van der Waals surface area contributed by atoms with Crippen LogP contribution in [0.15, 0.2) is 71.6 Å². The average molecular weight is 491 g/mol. The van der Waals surface area contributed by atoms with Gasteiger partial charge < -0.3 is 19.5 Å². The topological polar surface area (TPSA) is 94.2 Å². The number of anilines is 2. The van der Waals surface area contributed by atoms with Crippen LogP contribution in [0.5, 0.6) is 17.2 Å². The molecule has 3 rings (SSSR count). The summed E-state index contributed by atoms with van der Waals surface area (Å²) in [6.45, 7) is -0.490. The van der Waals surface area contributed by atoms with E-state index in [1.54, 1.807) is 42.5 Å². The zero-order valence-electron chi connectivity index (χ0n) is 18.2. The number of hydrogen-bond acceptors (Lipinski definition) is 6. The lowest BCUT2D eigenvalue weighted by Gasteiger charge is -2.24. The molecule has 0 fully saturated rings. The summed E-state index contributed by atoms with van der Waals surface area (Å²) in [7, 11) is 0.179. The molecule has 0 bridgehead atoms. The van der Waals surface area contributed by atoms with Crippen molar-refractivity contribution in [1.82, 2.24) is 0 Å². The van der Waals surface area contributed by atoms with Gasteiger partial charge in [-0.05, 0) is 42.5 Å². The van der Waals surface area contributed by atoms with Crippen molar-refractivity contribution in [1.29, 1.82) is 0 Å². The molecule has 1 amide bonds.